The summed E-state index contributed by atoms with van der Waals surface area (Å²) in [7, 11) is 0. The van der Waals surface area contributed by atoms with E-state index in [-0.39, 0.29) is 18.5 Å². The number of H-pyrrole nitrogens is 1. The Bertz CT molecular complexity index is 2380. The van der Waals surface area contributed by atoms with Crippen LogP contribution in [0, 0.1) is 20.8 Å². The second-order valence-electron chi connectivity index (χ2n) is 11.3. The van der Waals surface area contributed by atoms with Crippen molar-refractivity contribution < 1.29 is 28.8 Å². The van der Waals surface area contributed by atoms with E-state index in [9.17, 15) is 0 Å². The van der Waals surface area contributed by atoms with Gasteiger partial charge in [0.15, 0.2) is 0 Å². The van der Waals surface area contributed by atoms with Crippen molar-refractivity contribution in [2.75, 3.05) is 0 Å². The van der Waals surface area contributed by atoms with Gasteiger partial charge >= 0.3 is 18.5 Å². The van der Waals surface area contributed by atoms with Crippen LogP contribution in [-0.4, -0.2) is 48.2 Å². The molecule has 1 N–H and O–H groups in total. The minimum atomic E-state index is 0.250. The van der Waals surface area contributed by atoms with Gasteiger partial charge in [-0.2, -0.15) is 44.1 Å². The largest absolute Gasteiger partial charge is 0.373 e. The Hall–Kier alpha value is -7.35. The fourth-order valence-electron chi connectivity index (χ4n) is 5.33. The Labute approximate surface area is 304 Å². The highest BCUT2D eigenvalue weighted by Crippen LogP contribution is 2.19. The van der Waals surface area contributed by atoms with Crippen molar-refractivity contribution >= 4 is 51.2 Å². The molecule has 3 heterocycles. The first-order valence-electron chi connectivity index (χ1n) is 16.1. The minimum Gasteiger partial charge on any atom is -0.278 e. The van der Waals surface area contributed by atoms with E-state index in [2.05, 4.69) is 143 Å². The van der Waals surface area contributed by atoms with Crippen molar-refractivity contribution in [1.29, 1.82) is 0 Å². The van der Waals surface area contributed by atoms with Crippen LogP contribution in [0.2, 0.25) is 0 Å². The molecule has 5 aromatic carbocycles. The molecule has 0 bridgehead atoms. The van der Waals surface area contributed by atoms with E-state index >= 15 is 0 Å². The molecule has 0 aliphatic heterocycles. The van der Waals surface area contributed by atoms with Crippen LogP contribution in [0.15, 0.2) is 134 Å². The lowest BCUT2D eigenvalue weighted by atomic mass is 10.1. The zero-order chi connectivity index (χ0) is 38.4. The van der Waals surface area contributed by atoms with E-state index < -0.39 is 0 Å². The van der Waals surface area contributed by atoms with E-state index in [4.69, 9.17) is 28.8 Å². The highest BCUT2D eigenvalue weighted by Gasteiger charge is 2.05. The van der Waals surface area contributed by atoms with Gasteiger partial charge in [0, 0.05) is 22.4 Å². The van der Waals surface area contributed by atoms with Crippen LogP contribution in [0.25, 0.3) is 32.7 Å². The number of nitrogens with one attached hydrogen (secondary N) is 1. The molecule has 0 aliphatic rings. The third kappa shape index (κ3) is 12.2. The van der Waals surface area contributed by atoms with E-state index in [0.717, 1.165) is 24.1 Å². The molecule has 0 aliphatic carbocycles. The molecule has 266 valence electrons. The number of hydrogen-bond acceptors (Lipinski definition) is 9. The number of benzene rings is 5. The number of aromatic nitrogens is 6. The fraction of sp³-hybridized carbons (Fsp3) is 0.122. The van der Waals surface area contributed by atoms with Gasteiger partial charge in [-0.1, -0.05) is 97.1 Å². The van der Waals surface area contributed by atoms with Gasteiger partial charge < -0.3 is 0 Å². The molecular formula is C41H36N6O6. The molecule has 12 nitrogen and oxygen atoms in total. The van der Waals surface area contributed by atoms with Crippen molar-refractivity contribution in [1.82, 2.24) is 29.8 Å². The molecule has 0 atom stereocenters. The second-order valence-corrected chi connectivity index (χ2v) is 11.3. The zero-order valence-corrected chi connectivity index (χ0v) is 29.3. The number of nitrogens with zero attached hydrogens (tertiary/aromatic N) is 5. The summed E-state index contributed by atoms with van der Waals surface area (Å²) in [5.41, 5.74) is 9.77. The third-order valence-electron chi connectivity index (χ3n) is 7.79. The van der Waals surface area contributed by atoms with Crippen LogP contribution in [0.3, 0.4) is 0 Å². The lowest BCUT2D eigenvalue weighted by molar-refractivity contribution is -0.193. The van der Waals surface area contributed by atoms with Gasteiger partial charge in [-0.25, -0.2) is 0 Å². The Kier molecular flexibility index (Phi) is 16.4. The number of aryl methyl sites for hydroxylation is 3. The first-order valence-corrected chi connectivity index (χ1v) is 16.1. The van der Waals surface area contributed by atoms with E-state index in [0.29, 0.717) is 0 Å². The van der Waals surface area contributed by atoms with Crippen molar-refractivity contribution in [3.05, 3.63) is 162 Å². The van der Waals surface area contributed by atoms with Crippen LogP contribution >= 0.6 is 0 Å². The van der Waals surface area contributed by atoms with Gasteiger partial charge in [0.1, 0.15) is 0 Å². The predicted octanol–water partition coefficient (Wildman–Crippen LogP) is 6.91. The molecule has 12 heteroatoms. The average Bonchev–Trinajstić information content (AvgIpc) is 3.92. The maximum Gasteiger partial charge on any atom is 0.373 e. The number of fused-ring (bicyclic) bond motifs is 3. The van der Waals surface area contributed by atoms with E-state index in [1.54, 1.807) is 0 Å². The standard InChI is InChI=1S/2C15H14N2.C8H8N2.3CO2/c1-12-6-5-9-15-14(12)10-16-17(15)11-13-7-3-2-4-8-13;1-12-6-5-9-15-14(12)11-17(16-15)10-13-7-3-2-4-8-13;1-6-3-2-4-8-7(6)5-9-10-8;3*2-1-3/h2-10H,11H2,1H3;2-9,11H,10H2,1H3;2-5H,1H3,(H,9,10);;;. The summed E-state index contributed by atoms with van der Waals surface area (Å²) in [6, 6.07) is 39.5. The summed E-state index contributed by atoms with van der Waals surface area (Å²) in [5, 5.41) is 19.6. The highest BCUT2D eigenvalue weighted by molar-refractivity contribution is 5.83. The lowest BCUT2D eigenvalue weighted by Gasteiger charge is -2.04. The first-order chi connectivity index (χ1) is 25.8. The van der Waals surface area contributed by atoms with Crippen LogP contribution in [-0.2, 0) is 41.9 Å². The molecule has 0 amide bonds. The molecule has 0 radical (unpaired) electrons. The average molecular weight is 709 g/mol. The number of carbonyl (C=O) groups excluding carboxylic acids is 6. The van der Waals surface area contributed by atoms with Crippen molar-refractivity contribution in [2.24, 2.45) is 0 Å². The van der Waals surface area contributed by atoms with Crippen molar-refractivity contribution in [3.63, 3.8) is 0 Å². The molecule has 0 saturated carbocycles. The smallest absolute Gasteiger partial charge is 0.278 e. The lowest BCUT2D eigenvalue weighted by Crippen LogP contribution is -2.00. The van der Waals surface area contributed by atoms with Crippen LogP contribution in [0.5, 0.6) is 0 Å². The zero-order valence-electron chi connectivity index (χ0n) is 29.3. The molecule has 3 aromatic heterocycles. The van der Waals surface area contributed by atoms with Crippen molar-refractivity contribution in [2.45, 2.75) is 33.9 Å². The molecule has 53 heavy (non-hydrogen) atoms. The first kappa shape index (κ1) is 40.1. The van der Waals surface area contributed by atoms with Gasteiger partial charge in [-0.3, -0.25) is 14.5 Å². The SMILES string of the molecule is Cc1cccc2[nH]ncc12.Cc1cccc2c1cnn2Cc1ccccc1.Cc1cccc2nn(Cc3ccccc3)cc12.O=C=O.O=C=O.O=C=O. The van der Waals surface area contributed by atoms with Gasteiger partial charge in [0.2, 0.25) is 0 Å². The summed E-state index contributed by atoms with van der Waals surface area (Å²) in [6.45, 7) is 7.98. The monoisotopic (exact) mass is 708 g/mol. The molecule has 0 unspecified atom stereocenters. The second kappa shape index (κ2) is 21.7. The summed E-state index contributed by atoms with van der Waals surface area (Å²) in [4.78, 5) is 48.8. The van der Waals surface area contributed by atoms with Crippen LogP contribution in [0.1, 0.15) is 27.8 Å². The Morgan fingerprint density at radius 3 is 1.62 bits per heavy atom. The minimum absolute atomic E-state index is 0.250. The van der Waals surface area contributed by atoms with Crippen LogP contribution < -0.4 is 0 Å². The van der Waals surface area contributed by atoms with Gasteiger partial charge in [-0.15, -0.1) is 0 Å². The number of rotatable bonds is 4. The number of hydrogen-bond donors (Lipinski definition) is 1. The molecule has 0 spiro atoms. The molecule has 8 aromatic rings. The maximum absolute atomic E-state index is 8.12. The Morgan fingerprint density at radius 2 is 1.06 bits per heavy atom. The molecule has 0 saturated heterocycles. The summed E-state index contributed by atoms with van der Waals surface area (Å²) in [6.07, 6.45) is 6.68. The Morgan fingerprint density at radius 1 is 0.547 bits per heavy atom. The topological polar surface area (TPSA) is 167 Å². The molecule has 8 rings (SSSR count). The van der Waals surface area contributed by atoms with E-state index in [1.165, 1.54) is 49.5 Å². The summed E-state index contributed by atoms with van der Waals surface area (Å²) in [5.74, 6) is 0. The maximum atomic E-state index is 8.12. The van der Waals surface area contributed by atoms with E-state index in [1.807, 2.05) is 41.3 Å². The Balaban J connectivity index is 0.000000197. The summed E-state index contributed by atoms with van der Waals surface area (Å²) < 4.78 is 4.06. The number of aromatic amines is 1. The third-order valence-corrected chi connectivity index (χ3v) is 7.79. The van der Waals surface area contributed by atoms with Gasteiger partial charge in [0.05, 0.1) is 42.0 Å². The molecule has 0 fully saturated rings. The van der Waals surface area contributed by atoms with Gasteiger partial charge in [0.25, 0.3) is 0 Å². The van der Waals surface area contributed by atoms with Gasteiger partial charge in [-0.05, 0) is 66.8 Å². The molecular weight excluding hydrogens is 672 g/mol. The highest BCUT2D eigenvalue weighted by atomic mass is 16.2. The van der Waals surface area contributed by atoms with Crippen LogP contribution in [0.4, 0.5) is 0 Å². The summed E-state index contributed by atoms with van der Waals surface area (Å²) >= 11 is 0. The fourth-order valence-corrected chi connectivity index (χ4v) is 5.33. The normalized spacial score (nSPS) is 9.42. The van der Waals surface area contributed by atoms with Crippen molar-refractivity contribution in [3.8, 4) is 0 Å². The predicted molar refractivity (Wildman–Crippen MR) is 196 cm³/mol. The quantitative estimate of drug-likeness (QED) is 0.204.